The molecule has 1 aliphatic rings. The molecule has 0 aliphatic heterocycles. The lowest BCUT2D eigenvalue weighted by Crippen LogP contribution is -2.47. The first kappa shape index (κ1) is 17.0. The van der Waals surface area contributed by atoms with Gasteiger partial charge in [-0.15, -0.1) is 0 Å². The van der Waals surface area contributed by atoms with Crippen LogP contribution in [-0.2, 0) is 14.3 Å². The van der Waals surface area contributed by atoms with Crippen LogP contribution in [0.1, 0.15) is 52.9 Å². The van der Waals surface area contributed by atoms with Gasteiger partial charge in [0.1, 0.15) is 0 Å². The normalized spacial score (nSPS) is 22.6. The highest BCUT2D eigenvalue weighted by Crippen LogP contribution is 2.23. The fraction of sp³-hybridized carbons (Fsp3) is 0.867. The van der Waals surface area contributed by atoms with Crippen LogP contribution in [0.2, 0.25) is 0 Å². The number of amides is 2. The molecule has 2 amide bonds. The molecule has 1 saturated carbocycles. The molecule has 0 aromatic carbocycles. The number of carbonyl (C=O) groups is 2. The van der Waals surface area contributed by atoms with Gasteiger partial charge in [0.15, 0.2) is 0 Å². The molecule has 0 heterocycles. The molecule has 5 nitrogen and oxygen atoms in total. The Morgan fingerprint density at radius 1 is 1.20 bits per heavy atom. The number of hydrogen-bond acceptors (Lipinski definition) is 3. The Balaban J connectivity index is 2.17. The van der Waals surface area contributed by atoms with Crippen molar-refractivity contribution in [1.29, 1.82) is 0 Å². The minimum atomic E-state index is -0.535. The third-order valence-corrected chi connectivity index (χ3v) is 3.69. The van der Waals surface area contributed by atoms with Gasteiger partial charge in [-0.05, 0) is 39.0 Å². The van der Waals surface area contributed by atoms with Crippen LogP contribution in [0.3, 0.4) is 0 Å². The zero-order chi connectivity index (χ0) is 15.0. The Kier molecular flexibility index (Phi) is 7.59. The monoisotopic (exact) mass is 284 g/mol. The third kappa shape index (κ3) is 6.37. The largest absolute Gasteiger partial charge is 0.379 e. The van der Waals surface area contributed by atoms with Gasteiger partial charge in [0.05, 0.1) is 6.10 Å². The minimum absolute atomic E-state index is 0.145. The lowest BCUT2D eigenvalue weighted by molar-refractivity contribution is -0.140. The Morgan fingerprint density at radius 2 is 1.90 bits per heavy atom. The van der Waals surface area contributed by atoms with Gasteiger partial charge in [-0.2, -0.15) is 0 Å². The van der Waals surface area contributed by atoms with E-state index >= 15 is 0 Å². The van der Waals surface area contributed by atoms with Gasteiger partial charge in [-0.25, -0.2) is 0 Å². The zero-order valence-corrected chi connectivity index (χ0v) is 12.9. The second-order valence-corrected chi connectivity index (χ2v) is 5.87. The molecule has 2 N–H and O–H groups in total. The summed E-state index contributed by atoms with van der Waals surface area (Å²) in [6.45, 7) is 7.14. The van der Waals surface area contributed by atoms with Crippen LogP contribution < -0.4 is 10.6 Å². The van der Waals surface area contributed by atoms with Gasteiger partial charge in [0.2, 0.25) is 0 Å². The fourth-order valence-corrected chi connectivity index (χ4v) is 2.44. The minimum Gasteiger partial charge on any atom is -0.379 e. The van der Waals surface area contributed by atoms with Crippen molar-refractivity contribution in [3.63, 3.8) is 0 Å². The molecule has 5 heteroatoms. The van der Waals surface area contributed by atoms with Crippen LogP contribution in [0.25, 0.3) is 0 Å². The highest BCUT2D eigenvalue weighted by atomic mass is 16.5. The van der Waals surface area contributed by atoms with Gasteiger partial charge in [0.25, 0.3) is 0 Å². The molecule has 20 heavy (non-hydrogen) atoms. The third-order valence-electron chi connectivity index (χ3n) is 3.69. The average Bonchev–Trinajstić information content (AvgIpc) is 2.40. The quantitative estimate of drug-likeness (QED) is 0.575. The fourth-order valence-electron chi connectivity index (χ4n) is 2.44. The smallest absolute Gasteiger partial charge is 0.309 e. The molecule has 1 fully saturated rings. The van der Waals surface area contributed by atoms with E-state index in [9.17, 15) is 9.59 Å². The van der Waals surface area contributed by atoms with Crippen molar-refractivity contribution in [1.82, 2.24) is 10.6 Å². The average molecular weight is 284 g/mol. The van der Waals surface area contributed by atoms with E-state index in [2.05, 4.69) is 17.6 Å². The second kappa shape index (κ2) is 8.95. The van der Waals surface area contributed by atoms with Gasteiger partial charge in [-0.3, -0.25) is 9.59 Å². The van der Waals surface area contributed by atoms with Crippen molar-refractivity contribution in [2.75, 3.05) is 13.2 Å². The maximum Gasteiger partial charge on any atom is 0.309 e. The van der Waals surface area contributed by atoms with E-state index in [0.29, 0.717) is 19.1 Å². The summed E-state index contributed by atoms with van der Waals surface area (Å²) < 4.78 is 5.37. The summed E-state index contributed by atoms with van der Waals surface area (Å²) in [5.74, 6) is -0.583. The summed E-state index contributed by atoms with van der Waals surface area (Å²) in [6.07, 6.45) is 5.36. The van der Waals surface area contributed by atoms with Crippen LogP contribution in [0.15, 0.2) is 0 Å². The zero-order valence-electron chi connectivity index (χ0n) is 12.9. The summed E-state index contributed by atoms with van der Waals surface area (Å²) in [7, 11) is 0. The van der Waals surface area contributed by atoms with Crippen molar-refractivity contribution >= 4 is 11.8 Å². The van der Waals surface area contributed by atoms with Gasteiger partial charge < -0.3 is 15.4 Å². The van der Waals surface area contributed by atoms with Crippen molar-refractivity contribution in [2.45, 2.75) is 65.0 Å². The van der Waals surface area contributed by atoms with E-state index in [4.69, 9.17) is 4.74 Å². The van der Waals surface area contributed by atoms with E-state index in [0.717, 1.165) is 25.7 Å². The van der Waals surface area contributed by atoms with Crippen molar-refractivity contribution in [3.05, 3.63) is 0 Å². The van der Waals surface area contributed by atoms with Gasteiger partial charge >= 0.3 is 11.8 Å². The first-order valence-electron chi connectivity index (χ1n) is 7.71. The molecule has 0 bridgehead atoms. The predicted octanol–water partition coefficient (Wildman–Crippen LogP) is 1.61. The molecule has 0 spiro atoms. The highest BCUT2D eigenvalue weighted by molar-refractivity contribution is 6.35. The molecule has 2 unspecified atom stereocenters. The van der Waals surface area contributed by atoms with Crippen LogP contribution in [-0.4, -0.2) is 37.1 Å². The van der Waals surface area contributed by atoms with E-state index in [1.54, 1.807) is 0 Å². The number of nitrogens with one attached hydrogen (secondary N) is 2. The van der Waals surface area contributed by atoms with E-state index < -0.39 is 11.8 Å². The standard InChI is InChI=1S/C15H28N2O3/c1-11(2)20-10-6-9-16-14(18)15(19)17-13-8-5-4-7-12(13)3/h11-13H,4-10H2,1-3H3,(H,16,18)(H,17,19). The lowest BCUT2D eigenvalue weighted by atomic mass is 9.86. The highest BCUT2D eigenvalue weighted by Gasteiger charge is 2.25. The van der Waals surface area contributed by atoms with E-state index in [-0.39, 0.29) is 12.1 Å². The van der Waals surface area contributed by atoms with Crippen molar-refractivity contribution in [3.8, 4) is 0 Å². The van der Waals surface area contributed by atoms with Crippen LogP contribution in [0.4, 0.5) is 0 Å². The molecule has 0 radical (unpaired) electrons. The van der Waals surface area contributed by atoms with E-state index in [1.165, 1.54) is 6.42 Å². The Bertz CT molecular complexity index is 318. The summed E-state index contributed by atoms with van der Waals surface area (Å²) >= 11 is 0. The molecular weight excluding hydrogens is 256 g/mol. The maximum atomic E-state index is 11.8. The van der Waals surface area contributed by atoms with Gasteiger partial charge in [0, 0.05) is 19.2 Å². The van der Waals surface area contributed by atoms with Crippen LogP contribution in [0.5, 0.6) is 0 Å². The van der Waals surface area contributed by atoms with Crippen LogP contribution in [0, 0.1) is 5.92 Å². The summed E-state index contributed by atoms with van der Waals surface area (Å²) in [6, 6.07) is 0.145. The summed E-state index contributed by atoms with van der Waals surface area (Å²) in [5.41, 5.74) is 0. The second-order valence-electron chi connectivity index (χ2n) is 5.87. The van der Waals surface area contributed by atoms with Gasteiger partial charge in [-0.1, -0.05) is 19.8 Å². The summed E-state index contributed by atoms with van der Waals surface area (Å²) in [4.78, 5) is 23.4. The molecule has 2 atom stereocenters. The molecule has 0 aromatic heterocycles. The molecule has 1 rings (SSSR count). The maximum absolute atomic E-state index is 11.8. The Morgan fingerprint density at radius 3 is 2.55 bits per heavy atom. The molecule has 0 aromatic rings. The van der Waals surface area contributed by atoms with E-state index in [1.807, 2.05) is 13.8 Å². The summed E-state index contributed by atoms with van der Waals surface area (Å²) in [5, 5.41) is 5.47. The SMILES string of the molecule is CC(C)OCCCNC(=O)C(=O)NC1CCCCC1C. The first-order valence-corrected chi connectivity index (χ1v) is 7.71. The molecule has 0 saturated heterocycles. The molecule has 1 aliphatic carbocycles. The Labute approximate surface area is 121 Å². The number of ether oxygens (including phenoxy) is 1. The number of rotatable bonds is 6. The topological polar surface area (TPSA) is 67.4 Å². The van der Waals surface area contributed by atoms with Crippen LogP contribution >= 0.6 is 0 Å². The number of hydrogen-bond donors (Lipinski definition) is 2. The van der Waals surface area contributed by atoms with Crippen molar-refractivity contribution in [2.24, 2.45) is 5.92 Å². The first-order chi connectivity index (χ1) is 9.50. The lowest BCUT2D eigenvalue weighted by Gasteiger charge is -2.29. The Hall–Kier alpha value is -1.10. The molecular formula is C15H28N2O3. The number of carbonyl (C=O) groups excluding carboxylic acids is 2. The predicted molar refractivity (Wildman–Crippen MR) is 78.3 cm³/mol. The van der Waals surface area contributed by atoms with Crippen molar-refractivity contribution < 1.29 is 14.3 Å². The molecule has 116 valence electrons.